The number of nitrogens with one attached hydrogen (secondary N) is 3. The van der Waals surface area contributed by atoms with Crippen LogP contribution in [-0.2, 0) is 22.6 Å². The standard InChI is InChI=1S/C18H20N4O2S/c1-11(23)21-17(18(24)20-9-14-10-25-12(2)22-14)7-13-8-19-16-6-4-3-5-15(13)16/h3-6,8,10,17,19H,7,9H2,1-2H3,(H,20,24)(H,21,23)/t17-/m1/s1. The fraction of sp³-hybridized carbons (Fsp3) is 0.278. The van der Waals surface area contributed by atoms with Gasteiger partial charge in [-0.25, -0.2) is 4.98 Å². The van der Waals surface area contributed by atoms with Gasteiger partial charge in [-0.05, 0) is 18.6 Å². The van der Waals surface area contributed by atoms with Gasteiger partial charge in [0.05, 0.1) is 17.2 Å². The quantitative estimate of drug-likeness (QED) is 0.633. The molecule has 3 N–H and O–H groups in total. The van der Waals surface area contributed by atoms with Crippen LogP contribution in [0.4, 0.5) is 0 Å². The van der Waals surface area contributed by atoms with Crippen LogP contribution in [0, 0.1) is 6.92 Å². The Hall–Kier alpha value is -2.67. The molecule has 2 heterocycles. The first-order chi connectivity index (χ1) is 12.0. The van der Waals surface area contributed by atoms with Crippen LogP contribution in [0.5, 0.6) is 0 Å². The average Bonchev–Trinajstić information content (AvgIpc) is 3.18. The smallest absolute Gasteiger partial charge is 0.243 e. The van der Waals surface area contributed by atoms with Gasteiger partial charge in [0.2, 0.25) is 11.8 Å². The number of H-pyrrole nitrogens is 1. The summed E-state index contributed by atoms with van der Waals surface area (Å²) in [7, 11) is 0. The van der Waals surface area contributed by atoms with Crippen molar-refractivity contribution in [2.75, 3.05) is 0 Å². The number of carbonyl (C=O) groups excluding carboxylic acids is 2. The molecular formula is C18H20N4O2S. The Bertz CT molecular complexity index is 899. The van der Waals surface area contributed by atoms with E-state index in [1.165, 1.54) is 6.92 Å². The summed E-state index contributed by atoms with van der Waals surface area (Å²) in [6.07, 6.45) is 2.31. The summed E-state index contributed by atoms with van der Waals surface area (Å²) in [6, 6.07) is 7.27. The van der Waals surface area contributed by atoms with Gasteiger partial charge in [0.1, 0.15) is 6.04 Å². The first-order valence-electron chi connectivity index (χ1n) is 8.03. The minimum atomic E-state index is -0.628. The van der Waals surface area contributed by atoms with E-state index >= 15 is 0 Å². The lowest BCUT2D eigenvalue weighted by molar-refractivity contribution is -0.128. The van der Waals surface area contributed by atoms with Crippen molar-refractivity contribution in [2.45, 2.75) is 32.9 Å². The lowest BCUT2D eigenvalue weighted by atomic mass is 10.0. The largest absolute Gasteiger partial charge is 0.361 e. The number of para-hydroxylation sites is 1. The highest BCUT2D eigenvalue weighted by molar-refractivity contribution is 7.09. The van der Waals surface area contributed by atoms with Crippen molar-refractivity contribution in [3.05, 3.63) is 52.1 Å². The predicted molar refractivity (Wildman–Crippen MR) is 98.3 cm³/mol. The maximum absolute atomic E-state index is 12.6. The summed E-state index contributed by atoms with van der Waals surface area (Å²) in [5, 5.41) is 9.54. The number of aromatic amines is 1. The molecule has 0 bridgehead atoms. The highest BCUT2D eigenvalue weighted by atomic mass is 32.1. The van der Waals surface area contributed by atoms with Crippen LogP contribution in [0.15, 0.2) is 35.8 Å². The molecule has 0 unspecified atom stereocenters. The van der Waals surface area contributed by atoms with Crippen LogP contribution in [0.1, 0.15) is 23.2 Å². The summed E-state index contributed by atoms with van der Waals surface area (Å²) in [6.45, 7) is 3.69. The monoisotopic (exact) mass is 356 g/mol. The van der Waals surface area contributed by atoms with Crippen LogP contribution >= 0.6 is 11.3 Å². The molecule has 0 aliphatic heterocycles. The Morgan fingerprint density at radius 1 is 1.32 bits per heavy atom. The summed E-state index contributed by atoms with van der Waals surface area (Å²) in [5.74, 6) is -0.448. The van der Waals surface area contributed by atoms with E-state index in [4.69, 9.17) is 0 Å². The van der Waals surface area contributed by atoms with Gasteiger partial charge in [-0.1, -0.05) is 18.2 Å². The summed E-state index contributed by atoms with van der Waals surface area (Å²) >= 11 is 1.54. The zero-order valence-corrected chi connectivity index (χ0v) is 14.9. The van der Waals surface area contributed by atoms with Crippen LogP contribution in [0.25, 0.3) is 10.9 Å². The Morgan fingerprint density at radius 2 is 2.12 bits per heavy atom. The van der Waals surface area contributed by atoms with Gasteiger partial charge < -0.3 is 15.6 Å². The van der Waals surface area contributed by atoms with E-state index in [1.807, 2.05) is 42.8 Å². The summed E-state index contributed by atoms with van der Waals surface area (Å²) in [4.78, 5) is 31.6. The molecule has 2 amide bonds. The first-order valence-corrected chi connectivity index (χ1v) is 8.91. The highest BCUT2D eigenvalue weighted by Crippen LogP contribution is 2.19. The van der Waals surface area contributed by atoms with Gasteiger partial charge in [-0.3, -0.25) is 9.59 Å². The van der Waals surface area contributed by atoms with Gasteiger partial charge in [-0.2, -0.15) is 0 Å². The van der Waals surface area contributed by atoms with Crippen LogP contribution in [-0.4, -0.2) is 27.8 Å². The van der Waals surface area contributed by atoms with E-state index in [0.717, 1.165) is 27.2 Å². The maximum Gasteiger partial charge on any atom is 0.243 e. The van der Waals surface area contributed by atoms with Crippen molar-refractivity contribution >= 4 is 34.1 Å². The predicted octanol–water partition coefficient (Wildman–Crippen LogP) is 2.30. The van der Waals surface area contributed by atoms with Crippen molar-refractivity contribution in [1.82, 2.24) is 20.6 Å². The Morgan fingerprint density at radius 3 is 2.84 bits per heavy atom. The third-order valence-electron chi connectivity index (χ3n) is 3.90. The summed E-state index contributed by atoms with van der Waals surface area (Å²) in [5.41, 5.74) is 2.83. The Balaban J connectivity index is 1.72. The number of benzene rings is 1. The Labute approximate surface area is 149 Å². The van der Waals surface area contributed by atoms with Gasteiger partial charge >= 0.3 is 0 Å². The third kappa shape index (κ3) is 4.24. The molecule has 0 fully saturated rings. The number of fused-ring (bicyclic) bond motifs is 1. The number of nitrogens with zero attached hydrogens (tertiary/aromatic N) is 1. The minimum absolute atomic E-state index is 0.217. The molecule has 0 aliphatic rings. The van der Waals surface area contributed by atoms with Crippen LogP contribution in [0.3, 0.4) is 0 Å². The first kappa shape index (κ1) is 17.2. The van der Waals surface area contributed by atoms with Gasteiger partial charge in [0, 0.05) is 35.8 Å². The van der Waals surface area contributed by atoms with E-state index in [2.05, 4.69) is 20.6 Å². The minimum Gasteiger partial charge on any atom is -0.361 e. The zero-order chi connectivity index (χ0) is 17.8. The van der Waals surface area contributed by atoms with Gasteiger partial charge in [-0.15, -0.1) is 11.3 Å². The fourth-order valence-electron chi connectivity index (χ4n) is 2.77. The van der Waals surface area contributed by atoms with Crippen LogP contribution < -0.4 is 10.6 Å². The van der Waals surface area contributed by atoms with Crippen LogP contribution in [0.2, 0.25) is 0 Å². The van der Waals surface area contributed by atoms with Crippen molar-refractivity contribution < 1.29 is 9.59 Å². The number of carbonyl (C=O) groups is 2. The number of amides is 2. The topological polar surface area (TPSA) is 86.9 Å². The molecule has 1 aromatic carbocycles. The van der Waals surface area contributed by atoms with Crippen molar-refractivity contribution in [3.8, 4) is 0 Å². The number of thiazole rings is 1. The molecule has 3 aromatic rings. The molecule has 130 valence electrons. The van der Waals surface area contributed by atoms with Gasteiger partial charge in [0.15, 0.2) is 0 Å². The number of aromatic nitrogens is 2. The maximum atomic E-state index is 12.6. The molecular weight excluding hydrogens is 336 g/mol. The molecule has 2 aromatic heterocycles. The van der Waals surface area contributed by atoms with E-state index in [1.54, 1.807) is 11.3 Å². The normalized spacial score (nSPS) is 12.1. The van der Waals surface area contributed by atoms with Gasteiger partial charge in [0.25, 0.3) is 0 Å². The second kappa shape index (κ2) is 7.48. The second-order valence-corrected chi connectivity index (χ2v) is 6.95. The van der Waals surface area contributed by atoms with E-state index < -0.39 is 6.04 Å². The van der Waals surface area contributed by atoms with E-state index in [0.29, 0.717) is 13.0 Å². The molecule has 0 saturated carbocycles. The van der Waals surface area contributed by atoms with Crippen molar-refractivity contribution in [3.63, 3.8) is 0 Å². The SMILES string of the molecule is CC(=O)N[C@H](Cc1c[nH]c2ccccc12)C(=O)NCc1csc(C)n1. The molecule has 6 nitrogen and oxygen atoms in total. The molecule has 0 aliphatic carbocycles. The van der Waals surface area contributed by atoms with Crippen molar-refractivity contribution in [1.29, 1.82) is 0 Å². The molecule has 25 heavy (non-hydrogen) atoms. The highest BCUT2D eigenvalue weighted by Gasteiger charge is 2.21. The van der Waals surface area contributed by atoms with Crippen molar-refractivity contribution in [2.24, 2.45) is 0 Å². The number of rotatable bonds is 6. The number of hydrogen-bond donors (Lipinski definition) is 3. The van der Waals surface area contributed by atoms with E-state index in [9.17, 15) is 9.59 Å². The molecule has 0 radical (unpaired) electrons. The third-order valence-corrected chi connectivity index (χ3v) is 4.73. The lowest BCUT2D eigenvalue weighted by Gasteiger charge is -2.17. The molecule has 3 rings (SSSR count). The molecule has 0 spiro atoms. The molecule has 7 heteroatoms. The average molecular weight is 356 g/mol. The van der Waals surface area contributed by atoms with E-state index in [-0.39, 0.29) is 11.8 Å². The summed E-state index contributed by atoms with van der Waals surface area (Å²) < 4.78 is 0. The number of hydrogen-bond acceptors (Lipinski definition) is 4. The lowest BCUT2D eigenvalue weighted by Crippen LogP contribution is -2.47. The zero-order valence-electron chi connectivity index (χ0n) is 14.1. The Kier molecular flexibility index (Phi) is 5.14. The fourth-order valence-corrected chi connectivity index (χ4v) is 3.38. The number of aryl methyl sites for hydroxylation is 1. The molecule has 1 atom stereocenters. The second-order valence-electron chi connectivity index (χ2n) is 5.89. The molecule has 0 saturated heterocycles.